The maximum Gasteiger partial charge on any atom is 0.261 e. The Hall–Kier alpha value is -1.90. The van der Waals surface area contributed by atoms with Gasteiger partial charge in [-0.05, 0) is 26.0 Å². The van der Waals surface area contributed by atoms with E-state index in [4.69, 9.17) is 0 Å². The number of carbonyl (C=O) groups is 2. The lowest BCUT2D eigenvalue weighted by atomic mass is 10.2. The molecule has 0 saturated heterocycles. The molecule has 0 unspecified atom stereocenters. The number of rotatable bonds is 1. The van der Waals surface area contributed by atoms with Gasteiger partial charge in [-0.15, -0.1) is 0 Å². The molecule has 1 aromatic rings. The van der Waals surface area contributed by atoms with E-state index in [2.05, 4.69) is 0 Å². The van der Waals surface area contributed by atoms with E-state index >= 15 is 0 Å². The number of hydrogen-bond acceptors (Lipinski definition) is 2. The molecule has 1 aromatic carbocycles. The molecule has 0 atom stereocenters. The van der Waals surface area contributed by atoms with Gasteiger partial charge in [0.1, 0.15) is 0 Å². The summed E-state index contributed by atoms with van der Waals surface area (Å²) in [5.41, 5.74) is 2.21. The van der Waals surface area contributed by atoms with Gasteiger partial charge in [-0.2, -0.15) is 0 Å². The highest BCUT2D eigenvalue weighted by Gasteiger charge is 2.29. The van der Waals surface area contributed by atoms with Crippen molar-refractivity contribution in [3.05, 3.63) is 41.5 Å². The average molecular weight is 201 g/mol. The van der Waals surface area contributed by atoms with E-state index in [0.29, 0.717) is 11.3 Å². The second kappa shape index (κ2) is 3.35. The third kappa shape index (κ3) is 1.56. The van der Waals surface area contributed by atoms with Crippen LogP contribution in [0.3, 0.4) is 0 Å². The lowest BCUT2D eigenvalue weighted by Crippen LogP contribution is -2.30. The third-order valence-electron chi connectivity index (χ3n) is 2.39. The van der Waals surface area contributed by atoms with Gasteiger partial charge in [0.25, 0.3) is 11.8 Å². The number of aryl methyl sites for hydroxylation is 1. The van der Waals surface area contributed by atoms with E-state index < -0.39 is 0 Å². The van der Waals surface area contributed by atoms with Crippen LogP contribution in [0, 0.1) is 6.92 Å². The summed E-state index contributed by atoms with van der Waals surface area (Å²) >= 11 is 0. The molecule has 0 aromatic heterocycles. The summed E-state index contributed by atoms with van der Waals surface area (Å²) in [5, 5.41) is 0. The van der Waals surface area contributed by atoms with Crippen LogP contribution in [0.5, 0.6) is 0 Å². The minimum absolute atomic E-state index is 0.233. The van der Waals surface area contributed by atoms with Gasteiger partial charge in [-0.3, -0.25) is 9.59 Å². The monoisotopic (exact) mass is 201 g/mol. The first-order valence-electron chi connectivity index (χ1n) is 4.73. The van der Waals surface area contributed by atoms with Crippen molar-refractivity contribution in [2.45, 2.75) is 13.8 Å². The first-order chi connectivity index (χ1) is 7.09. The van der Waals surface area contributed by atoms with Crippen LogP contribution < -0.4 is 4.90 Å². The number of anilines is 1. The Labute approximate surface area is 88.0 Å². The van der Waals surface area contributed by atoms with E-state index in [-0.39, 0.29) is 11.8 Å². The van der Waals surface area contributed by atoms with E-state index in [1.165, 1.54) is 11.0 Å². The number of imide groups is 1. The molecule has 76 valence electrons. The lowest BCUT2D eigenvalue weighted by Gasteiger charge is -2.14. The van der Waals surface area contributed by atoms with Crippen LogP contribution >= 0.6 is 0 Å². The molecule has 0 radical (unpaired) electrons. The van der Waals surface area contributed by atoms with Crippen molar-refractivity contribution >= 4 is 17.5 Å². The molecule has 0 aliphatic carbocycles. The van der Waals surface area contributed by atoms with Crippen molar-refractivity contribution in [3.8, 4) is 0 Å². The normalized spacial score (nSPS) is 15.9. The Balaban J connectivity index is 2.38. The summed E-state index contributed by atoms with van der Waals surface area (Å²) in [7, 11) is 0. The van der Waals surface area contributed by atoms with Crippen LogP contribution in [-0.2, 0) is 9.59 Å². The molecule has 1 aliphatic rings. The predicted octanol–water partition coefficient (Wildman–Crippen LogP) is 1.81. The molecular weight excluding hydrogens is 190 g/mol. The van der Waals surface area contributed by atoms with Crippen LogP contribution in [0.1, 0.15) is 12.5 Å². The largest absolute Gasteiger partial charge is 0.269 e. The van der Waals surface area contributed by atoms with Crippen LogP contribution in [0.2, 0.25) is 0 Å². The molecular formula is C12H11NO2. The molecule has 3 nitrogen and oxygen atoms in total. The van der Waals surface area contributed by atoms with Gasteiger partial charge < -0.3 is 0 Å². The third-order valence-corrected chi connectivity index (χ3v) is 2.39. The summed E-state index contributed by atoms with van der Waals surface area (Å²) in [6.07, 6.45) is 1.36. The predicted molar refractivity (Wildman–Crippen MR) is 57.4 cm³/mol. The molecule has 0 N–H and O–H groups in total. The second-order valence-corrected chi connectivity index (χ2v) is 3.64. The summed E-state index contributed by atoms with van der Waals surface area (Å²) in [6.45, 7) is 3.61. The maximum atomic E-state index is 11.6. The van der Waals surface area contributed by atoms with Crippen molar-refractivity contribution in [2.75, 3.05) is 4.90 Å². The maximum absolute atomic E-state index is 11.6. The fourth-order valence-corrected chi connectivity index (χ4v) is 1.53. The highest BCUT2D eigenvalue weighted by atomic mass is 16.2. The molecule has 2 rings (SSSR count). The number of nitrogens with zero attached hydrogens (tertiary/aromatic N) is 1. The van der Waals surface area contributed by atoms with E-state index in [9.17, 15) is 9.59 Å². The van der Waals surface area contributed by atoms with Crippen molar-refractivity contribution in [2.24, 2.45) is 0 Å². The Morgan fingerprint density at radius 3 is 2.07 bits per heavy atom. The Kier molecular flexibility index (Phi) is 2.15. The van der Waals surface area contributed by atoms with Crippen LogP contribution in [0.25, 0.3) is 0 Å². The zero-order chi connectivity index (χ0) is 11.0. The number of amides is 2. The highest BCUT2D eigenvalue weighted by Crippen LogP contribution is 2.22. The fraction of sp³-hybridized carbons (Fsp3) is 0.167. The van der Waals surface area contributed by atoms with Crippen LogP contribution in [0.4, 0.5) is 5.69 Å². The number of hydrogen-bond donors (Lipinski definition) is 0. The van der Waals surface area contributed by atoms with Crippen molar-refractivity contribution in [3.63, 3.8) is 0 Å². The van der Waals surface area contributed by atoms with Gasteiger partial charge in [-0.25, -0.2) is 4.90 Å². The minimum Gasteiger partial charge on any atom is -0.269 e. The van der Waals surface area contributed by atoms with Gasteiger partial charge in [0.05, 0.1) is 5.69 Å². The summed E-state index contributed by atoms with van der Waals surface area (Å²) < 4.78 is 0. The van der Waals surface area contributed by atoms with E-state index in [1.807, 2.05) is 19.1 Å². The van der Waals surface area contributed by atoms with Gasteiger partial charge in [0, 0.05) is 11.6 Å². The van der Waals surface area contributed by atoms with Gasteiger partial charge in [-0.1, -0.05) is 17.7 Å². The van der Waals surface area contributed by atoms with Crippen molar-refractivity contribution in [1.82, 2.24) is 0 Å². The van der Waals surface area contributed by atoms with E-state index in [0.717, 1.165) is 5.56 Å². The fourth-order valence-electron chi connectivity index (χ4n) is 1.53. The molecule has 2 amide bonds. The number of carbonyl (C=O) groups excluding carboxylic acids is 2. The topological polar surface area (TPSA) is 37.4 Å². The average Bonchev–Trinajstić information content (AvgIpc) is 2.44. The first-order valence-corrected chi connectivity index (χ1v) is 4.73. The summed E-state index contributed by atoms with van der Waals surface area (Å²) in [5.74, 6) is -0.495. The number of benzene rings is 1. The van der Waals surface area contributed by atoms with Crippen molar-refractivity contribution < 1.29 is 9.59 Å². The molecule has 0 fully saturated rings. The zero-order valence-electron chi connectivity index (χ0n) is 8.65. The van der Waals surface area contributed by atoms with Crippen LogP contribution in [-0.4, -0.2) is 11.8 Å². The lowest BCUT2D eigenvalue weighted by molar-refractivity contribution is -0.120. The SMILES string of the molecule is CC1=CC(=O)N(c2ccc(C)cc2)C1=O. The molecule has 1 heterocycles. The molecule has 15 heavy (non-hydrogen) atoms. The summed E-state index contributed by atoms with van der Waals surface area (Å²) in [4.78, 5) is 24.3. The smallest absolute Gasteiger partial charge is 0.261 e. The standard InChI is InChI=1S/C12H11NO2/c1-8-3-5-10(6-4-8)13-11(14)7-9(2)12(13)15/h3-7H,1-2H3. The Morgan fingerprint density at radius 1 is 1.00 bits per heavy atom. The van der Waals surface area contributed by atoms with Crippen molar-refractivity contribution in [1.29, 1.82) is 0 Å². The van der Waals surface area contributed by atoms with Gasteiger partial charge in [0.15, 0.2) is 0 Å². The molecule has 1 aliphatic heterocycles. The first kappa shape index (κ1) is 9.65. The van der Waals surface area contributed by atoms with Gasteiger partial charge >= 0.3 is 0 Å². The molecule has 0 saturated carbocycles. The van der Waals surface area contributed by atoms with E-state index in [1.54, 1.807) is 19.1 Å². The Bertz CT molecular complexity index is 457. The summed E-state index contributed by atoms with van der Waals surface area (Å²) in [6, 6.07) is 7.31. The van der Waals surface area contributed by atoms with Gasteiger partial charge in [0.2, 0.25) is 0 Å². The quantitative estimate of drug-likeness (QED) is 0.650. The molecule has 0 spiro atoms. The second-order valence-electron chi connectivity index (χ2n) is 3.64. The van der Waals surface area contributed by atoms with Crippen LogP contribution in [0.15, 0.2) is 35.9 Å². The molecule has 3 heteroatoms. The molecule has 0 bridgehead atoms. The zero-order valence-corrected chi connectivity index (χ0v) is 8.65. The highest BCUT2D eigenvalue weighted by molar-refractivity contribution is 6.30. The Morgan fingerprint density at radius 2 is 1.60 bits per heavy atom. The minimum atomic E-state index is -0.263.